The van der Waals surface area contributed by atoms with Crippen LogP contribution < -0.4 is 15.8 Å². The predicted octanol–water partition coefficient (Wildman–Crippen LogP) is 3.01. The second-order valence-corrected chi connectivity index (χ2v) is 6.00. The second-order valence-electron chi connectivity index (χ2n) is 6.00. The number of rotatable bonds is 4. The third-order valence-electron chi connectivity index (χ3n) is 4.15. The Morgan fingerprint density at radius 1 is 1.17 bits per heavy atom. The van der Waals surface area contributed by atoms with Gasteiger partial charge in [-0.3, -0.25) is 4.79 Å². The number of nitrogens with one attached hydrogen (secondary N) is 1. The summed E-state index contributed by atoms with van der Waals surface area (Å²) in [5.41, 5.74) is 6.25. The number of benzene rings is 1. The number of hydrogen-bond acceptors (Lipinski definition) is 4. The predicted molar refractivity (Wildman–Crippen MR) is 88.4 cm³/mol. The Labute approximate surface area is 140 Å². The van der Waals surface area contributed by atoms with Crippen molar-refractivity contribution in [2.75, 3.05) is 0 Å². The third-order valence-corrected chi connectivity index (χ3v) is 4.15. The average molecular weight is 329 g/mol. The van der Waals surface area contributed by atoms with Crippen LogP contribution in [0, 0.1) is 5.82 Å². The first-order valence-electron chi connectivity index (χ1n) is 8.06. The summed E-state index contributed by atoms with van der Waals surface area (Å²) in [6.45, 7) is 0. The fraction of sp³-hybridized carbons (Fsp3) is 0.333. The molecule has 5 nitrogen and oxygen atoms in total. The van der Waals surface area contributed by atoms with Crippen LogP contribution in [0.4, 0.5) is 4.39 Å². The lowest BCUT2D eigenvalue weighted by molar-refractivity contribution is 0.0923. The first-order valence-corrected chi connectivity index (χ1v) is 8.06. The zero-order chi connectivity index (χ0) is 16.9. The summed E-state index contributed by atoms with van der Waals surface area (Å²) in [6.07, 6.45) is 5.13. The van der Waals surface area contributed by atoms with Crippen LogP contribution in [0.5, 0.6) is 11.6 Å². The summed E-state index contributed by atoms with van der Waals surface area (Å²) in [5, 5.41) is 3.02. The summed E-state index contributed by atoms with van der Waals surface area (Å²) >= 11 is 0. The van der Waals surface area contributed by atoms with Gasteiger partial charge < -0.3 is 15.8 Å². The van der Waals surface area contributed by atoms with E-state index in [0.717, 1.165) is 25.7 Å². The van der Waals surface area contributed by atoms with E-state index in [1.807, 2.05) is 0 Å². The molecule has 1 heterocycles. The van der Waals surface area contributed by atoms with Gasteiger partial charge in [0.2, 0.25) is 5.88 Å². The van der Waals surface area contributed by atoms with E-state index < -0.39 is 0 Å². The molecule has 1 aliphatic rings. The number of pyridine rings is 1. The zero-order valence-corrected chi connectivity index (χ0v) is 13.2. The molecule has 3 N–H and O–H groups in total. The Hall–Kier alpha value is -2.47. The quantitative estimate of drug-likeness (QED) is 0.904. The summed E-state index contributed by atoms with van der Waals surface area (Å²) in [5.74, 6) is 0.0550. The van der Waals surface area contributed by atoms with Crippen LogP contribution in [0.15, 0.2) is 42.6 Å². The first kappa shape index (κ1) is 16.4. The van der Waals surface area contributed by atoms with Crippen LogP contribution in [0.3, 0.4) is 0 Å². The Bertz CT molecular complexity index is 698. The number of carbonyl (C=O) groups is 1. The summed E-state index contributed by atoms with van der Waals surface area (Å²) in [6, 6.07) is 9.28. The molecule has 1 aromatic heterocycles. The van der Waals surface area contributed by atoms with E-state index in [9.17, 15) is 9.18 Å². The van der Waals surface area contributed by atoms with Crippen molar-refractivity contribution in [2.24, 2.45) is 5.73 Å². The molecule has 6 heteroatoms. The van der Waals surface area contributed by atoms with Gasteiger partial charge in [-0.15, -0.1) is 0 Å². The fourth-order valence-corrected chi connectivity index (χ4v) is 2.79. The van der Waals surface area contributed by atoms with Gasteiger partial charge in [-0.25, -0.2) is 9.37 Å². The number of nitrogens with two attached hydrogens (primary N) is 1. The van der Waals surface area contributed by atoms with E-state index in [1.54, 1.807) is 18.3 Å². The van der Waals surface area contributed by atoms with Crippen molar-refractivity contribution in [3.8, 4) is 11.6 Å². The van der Waals surface area contributed by atoms with Gasteiger partial charge in [-0.1, -0.05) is 0 Å². The molecule has 1 aliphatic carbocycles. The van der Waals surface area contributed by atoms with Crippen molar-refractivity contribution in [1.29, 1.82) is 0 Å². The molecule has 0 bridgehead atoms. The summed E-state index contributed by atoms with van der Waals surface area (Å²) < 4.78 is 18.6. The molecule has 3 rings (SSSR count). The van der Waals surface area contributed by atoms with Gasteiger partial charge in [0, 0.05) is 18.3 Å². The van der Waals surface area contributed by atoms with Crippen molar-refractivity contribution in [2.45, 2.75) is 37.8 Å². The second kappa shape index (κ2) is 7.40. The molecule has 1 fully saturated rings. The van der Waals surface area contributed by atoms with Gasteiger partial charge >= 0.3 is 0 Å². The number of halogens is 1. The highest BCUT2D eigenvalue weighted by atomic mass is 19.1. The standard InChI is InChI=1S/C18H20FN3O2/c19-12-3-9-15(10-4-12)24-18-16(2-1-11-21-18)17(23)22-14-7-5-13(20)6-8-14/h1-4,9-11,13-14H,5-8,20H2,(H,22,23)/t13-,14+. The van der Waals surface area contributed by atoms with E-state index in [4.69, 9.17) is 10.5 Å². The number of ether oxygens (including phenoxy) is 1. The summed E-state index contributed by atoms with van der Waals surface area (Å²) in [7, 11) is 0. The molecular weight excluding hydrogens is 309 g/mol. The van der Waals surface area contributed by atoms with Gasteiger partial charge in [0.05, 0.1) is 0 Å². The van der Waals surface area contributed by atoms with Crippen molar-refractivity contribution in [1.82, 2.24) is 10.3 Å². The van der Waals surface area contributed by atoms with Crippen LogP contribution in [-0.4, -0.2) is 23.0 Å². The molecule has 0 spiro atoms. The first-order chi connectivity index (χ1) is 11.6. The van der Waals surface area contributed by atoms with Crippen LogP contribution in [0.2, 0.25) is 0 Å². The fourth-order valence-electron chi connectivity index (χ4n) is 2.79. The maximum absolute atomic E-state index is 13.0. The number of hydrogen-bond donors (Lipinski definition) is 2. The van der Waals surface area contributed by atoms with E-state index in [1.165, 1.54) is 24.3 Å². The normalized spacial score (nSPS) is 20.4. The van der Waals surface area contributed by atoms with E-state index in [0.29, 0.717) is 11.3 Å². The zero-order valence-electron chi connectivity index (χ0n) is 13.2. The van der Waals surface area contributed by atoms with E-state index in [-0.39, 0.29) is 29.7 Å². The number of carbonyl (C=O) groups excluding carboxylic acids is 1. The smallest absolute Gasteiger partial charge is 0.257 e. The topological polar surface area (TPSA) is 77.2 Å². The van der Waals surface area contributed by atoms with Crippen molar-refractivity contribution >= 4 is 5.91 Å². The van der Waals surface area contributed by atoms with Crippen LogP contribution in [-0.2, 0) is 0 Å². The molecule has 0 atom stereocenters. The number of aromatic nitrogens is 1. The highest BCUT2D eigenvalue weighted by Gasteiger charge is 2.22. The molecule has 0 unspecified atom stereocenters. The SMILES string of the molecule is N[C@H]1CC[C@@H](NC(=O)c2cccnc2Oc2ccc(F)cc2)CC1. The highest BCUT2D eigenvalue weighted by Crippen LogP contribution is 2.24. The Kier molecular flexibility index (Phi) is 5.05. The van der Waals surface area contributed by atoms with Crippen molar-refractivity contribution in [3.63, 3.8) is 0 Å². The molecule has 1 amide bonds. The highest BCUT2D eigenvalue weighted by molar-refractivity contribution is 5.96. The monoisotopic (exact) mass is 329 g/mol. The maximum atomic E-state index is 13.0. The minimum Gasteiger partial charge on any atom is -0.438 e. The molecular formula is C18H20FN3O2. The van der Waals surface area contributed by atoms with Crippen molar-refractivity contribution < 1.29 is 13.9 Å². The molecule has 1 saturated carbocycles. The Balaban J connectivity index is 1.71. The van der Waals surface area contributed by atoms with Gasteiger partial charge in [0.15, 0.2) is 0 Å². The summed E-state index contributed by atoms with van der Waals surface area (Å²) in [4.78, 5) is 16.7. The van der Waals surface area contributed by atoms with Gasteiger partial charge in [-0.05, 0) is 62.1 Å². The number of amides is 1. The minimum atomic E-state index is -0.350. The van der Waals surface area contributed by atoms with E-state index >= 15 is 0 Å². The van der Waals surface area contributed by atoms with Crippen molar-refractivity contribution in [3.05, 3.63) is 54.0 Å². The Morgan fingerprint density at radius 3 is 2.58 bits per heavy atom. The minimum absolute atomic E-state index is 0.121. The van der Waals surface area contributed by atoms with Gasteiger partial charge in [0.25, 0.3) is 5.91 Å². The largest absolute Gasteiger partial charge is 0.438 e. The lowest BCUT2D eigenvalue weighted by Crippen LogP contribution is -2.40. The average Bonchev–Trinajstić information content (AvgIpc) is 2.59. The lowest BCUT2D eigenvalue weighted by Gasteiger charge is -2.26. The van der Waals surface area contributed by atoms with Crippen LogP contribution in [0.25, 0.3) is 0 Å². The van der Waals surface area contributed by atoms with Crippen LogP contribution in [0.1, 0.15) is 36.0 Å². The third kappa shape index (κ3) is 4.08. The molecule has 1 aromatic carbocycles. The molecule has 0 aliphatic heterocycles. The Morgan fingerprint density at radius 2 is 1.88 bits per heavy atom. The van der Waals surface area contributed by atoms with Gasteiger partial charge in [0.1, 0.15) is 17.1 Å². The van der Waals surface area contributed by atoms with E-state index in [2.05, 4.69) is 10.3 Å². The molecule has 24 heavy (non-hydrogen) atoms. The molecule has 126 valence electrons. The molecule has 0 saturated heterocycles. The number of nitrogens with zero attached hydrogens (tertiary/aromatic N) is 1. The lowest BCUT2D eigenvalue weighted by atomic mass is 9.91. The van der Waals surface area contributed by atoms with Gasteiger partial charge in [-0.2, -0.15) is 0 Å². The van der Waals surface area contributed by atoms with Crippen LogP contribution >= 0.6 is 0 Å². The maximum Gasteiger partial charge on any atom is 0.257 e. The molecule has 0 radical (unpaired) electrons. The molecule has 2 aromatic rings.